The number of benzene rings is 1. The highest BCUT2D eigenvalue weighted by atomic mass is 15.8. The standard InChI is InChI=1S/C11H17N5/c1-14(2)9-16(3,4)15-11-8-6-5-7-10(11)12-13-15/h5-9H,1-4H3/q+2. The Balaban J connectivity index is 2.59. The molecule has 0 fully saturated rings. The van der Waals surface area contributed by atoms with E-state index >= 15 is 0 Å². The zero-order chi connectivity index (χ0) is 11.8. The number of para-hydroxylation sites is 1. The van der Waals surface area contributed by atoms with Crippen molar-refractivity contribution in [2.75, 3.05) is 28.2 Å². The molecule has 0 unspecified atom stereocenters. The minimum atomic E-state index is 0.507. The van der Waals surface area contributed by atoms with Gasteiger partial charge in [0.05, 0.1) is 0 Å². The Morgan fingerprint density at radius 3 is 2.62 bits per heavy atom. The molecule has 84 valence electrons. The lowest BCUT2D eigenvalue weighted by atomic mass is 10.3. The van der Waals surface area contributed by atoms with Crippen LogP contribution in [-0.2, 0) is 0 Å². The molecule has 0 bridgehead atoms. The van der Waals surface area contributed by atoms with E-state index in [1.807, 2.05) is 47.7 Å². The number of quaternary nitrogens is 1. The molecule has 0 N–H and O–H groups in total. The van der Waals surface area contributed by atoms with Crippen LogP contribution in [0.4, 0.5) is 0 Å². The number of nitrogens with zero attached hydrogens (tertiary/aromatic N) is 5. The van der Waals surface area contributed by atoms with Gasteiger partial charge in [-0.1, -0.05) is 16.9 Å². The first kappa shape index (κ1) is 10.8. The van der Waals surface area contributed by atoms with Gasteiger partial charge in [-0.15, -0.1) is 9.69 Å². The van der Waals surface area contributed by atoms with E-state index in [1.165, 1.54) is 0 Å². The smallest absolute Gasteiger partial charge is 0.193 e. The van der Waals surface area contributed by atoms with E-state index in [4.69, 9.17) is 0 Å². The SMILES string of the molecule is C[N+](C)=C[N+](C)(C)n1nnc2ccccc21. The van der Waals surface area contributed by atoms with Crippen LogP contribution in [0.2, 0.25) is 0 Å². The summed E-state index contributed by atoms with van der Waals surface area (Å²) < 4.78 is 2.52. The molecule has 0 aliphatic rings. The van der Waals surface area contributed by atoms with E-state index in [2.05, 4.69) is 30.7 Å². The number of hydrogen-bond donors (Lipinski definition) is 0. The summed E-state index contributed by atoms with van der Waals surface area (Å²) in [6, 6.07) is 7.96. The summed E-state index contributed by atoms with van der Waals surface area (Å²) >= 11 is 0. The van der Waals surface area contributed by atoms with E-state index in [9.17, 15) is 0 Å². The molecule has 0 saturated carbocycles. The maximum atomic E-state index is 4.20. The summed E-state index contributed by atoms with van der Waals surface area (Å²) in [7, 11) is 8.11. The fourth-order valence-corrected chi connectivity index (χ4v) is 1.85. The molecule has 0 aliphatic heterocycles. The predicted molar refractivity (Wildman–Crippen MR) is 65.1 cm³/mol. The van der Waals surface area contributed by atoms with Gasteiger partial charge in [0.25, 0.3) is 0 Å². The first-order chi connectivity index (χ1) is 7.50. The first-order valence-electron chi connectivity index (χ1n) is 5.18. The fourth-order valence-electron chi connectivity index (χ4n) is 1.85. The van der Waals surface area contributed by atoms with Gasteiger partial charge in [0, 0.05) is 0 Å². The molecule has 0 aliphatic carbocycles. The molecular formula is C11H17N5+2. The third-order valence-electron chi connectivity index (χ3n) is 2.34. The third kappa shape index (κ3) is 1.81. The number of hydrogen-bond acceptors (Lipinski definition) is 2. The Kier molecular flexibility index (Phi) is 2.47. The van der Waals surface area contributed by atoms with Crippen LogP contribution in [0.25, 0.3) is 11.0 Å². The van der Waals surface area contributed by atoms with Crippen LogP contribution in [0.5, 0.6) is 0 Å². The summed E-state index contributed by atoms with van der Waals surface area (Å²) in [6.07, 6.45) is 2.06. The molecule has 1 aromatic carbocycles. The van der Waals surface area contributed by atoms with Crippen molar-refractivity contribution >= 4 is 17.4 Å². The molecule has 0 spiro atoms. The molecule has 1 aromatic heterocycles. The van der Waals surface area contributed by atoms with Gasteiger partial charge in [-0.25, -0.2) is 0 Å². The topological polar surface area (TPSA) is 33.7 Å². The molecule has 16 heavy (non-hydrogen) atoms. The minimum absolute atomic E-state index is 0.507. The van der Waals surface area contributed by atoms with Crippen LogP contribution in [0.15, 0.2) is 24.3 Å². The molecule has 5 nitrogen and oxygen atoms in total. The second kappa shape index (κ2) is 3.68. The average molecular weight is 219 g/mol. The quantitative estimate of drug-likeness (QED) is 0.318. The van der Waals surface area contributed by atoms with Crippen molar-refractivity contribution in [1.82, 2.24) is 19.7 Å². The van der Waals surface area contributed by atoms with Gasteiger partial charge in [-0.05, 0) is 17.3 Å². The van der Waals surface area contributed by atoms with Crippen molar-refractivity contribution in [3.05, 3.63) is 24.3 Å². The van der Waals surface area contributed by atoms with Crippen molar-refractivity contribution in [1.29, 1.82) is 0 Å². The lowest BCUT2D eigenvalue weighted by molar-refractivity contribution is -0.465. The number of aromatic nitrogens is 3. The highest BCUT2D eigenvalue weighted by Crippen LogP contribution is 2.11. The molecular weight excluding hydrogens is 202 g/mol. The molecule has 0 radical (unpaired) electrons. The van der Waals surface area contributed by atoms with E-state index in [-0.39, 0.29) is 0 Å². The van der Waals surface area contributed by atoms with Crippen LogP contribution < -0.4 is 4.59 Å². The Hall–Kier alpha value is -1.75. The number of fused-ring (bicyclic) bond motifs is 1. The molecule has 2 rings (SSSR count). The summed E-state index contributed by atoms with van der Waals surface area (Å²) in [4.78, 5) is 1.88. The second-order valence-electron chi connectivity index (χ2n) is 4.53. The molecule has 0 amide bonds. The van der Waals surface area contributed by atoms with Gasteiger partial charge in [-0.3, -0.25) is 0 Å². The van der Waals surface area contributed by atoms with Crippen molar-refractivity contribution < 1.29 is 4.58 Å². The van der Waals surface area contributed by atoms with Crippen molar-refractivity contribution in [3.63, 3.8) is 0 Å². The lowest BCUT2D eigenvalue weighted by Gasteiger charge is -2.19. The number of rotatable bonds is 2. The van der Waals surface area contributed by atoms with E-state index in [1.54, 1.807) is 0 Å². The van der Waals surface area contributed by atoms with Gasteiger partial charge >= 0.3 is 6.34 Å². The third-order valence-corrected chi connectivity index (χ3v) is 2.34. The normalized spacial score (nSPS) is 11.8. The van der Waals surface area contributed by atoms with Crippen molar-refractivity contribution in [3.8, 4) is 0 Å². The maximum Gasteiger partial charge on any atom is 0.352 e. The summed E-state index contributed by atoms with van der Waals surface area (Å²) in [5.74, 6) is 0. The van der Waals surface area contributed by atoms with E-state index in [0.29, 0.717) is 4.59 Å². The second-order valence-corrected chi connectivity index (χ2v) is 4.53. The van der Waals surface area contributed by atoms with Gasteiger partial charge in [0.2, 0.25) is 0 Å². The van der Waals surface area contributed by atoms with Crippen LogP contribution >= 0.6 is 0 Å². The highest BCUT2D eigenvalue weighted by molar-refractivity contribution is 5.75. The summed E-state index contributed by atoms with van der Waals surface area (Å²) in [5, 5.41) is 8.35. The summed E-state index contributed by atoms with van der Waals surface area (Å²) in [5.41, 5.74) is 1.95. The molecule has 5 heteroatoms. The molecule has 0 atom stereocenters. The Morgan fingerprint density at radius 2 is 1.94 bits per heavy atom. The fraction of sp³-hybridized carbons (Fsp3) is 0.364. The van der Waals surface area contributed by atoms with Crippen molar-refractivity contribution in [2.45, 2.75) is 0 Å². The van der Waals surface area contributed by atoms with Crippen LogP contribution in [-0.4, -0.2) is 54.2 Å². The maximum absolute atomic E-state index is 4.20. The zero-order valence-electron chi connectivity index (χ0n) is 10.1. The predicted octanol–water partition coefficient (Wildman–Crippen LogP) is 0.430. The Bertz CT molecular complexity index is 534. The Morgan fingerprint density at radius 1 is 1.25 bits per heavy atom. The largest absolute Gasteiger partial charge is 0.352 e. The molecule has 2 aromatic rings. The van der Waals surface area contributed by atoms with Crippen LogP contribution in [0.3, 0.4) is 0 Å². The highest BCUT2D eigenvalue weighted by Gasteiger charge is 2.23. The summed E-state index contributed by atoms with van der Waals surface area (Å²) in [6.45, 7) is 0. The first-order valence-corrected chi connectivity index (χ1v) is 5.18. The van der Waals surface area contributed by atoms with Gasteiger partial charge in [0.1, 0.15) is 39.2 Å². The van der Waals surface area contributed by atoms with Crippen molar-refractivity contribution in [2.24, 2.45) is 0 Å². The monoisotopic (exact) mass is 219 g/mol. The van der Waals surface area contributed by atoms with Crippen LogP contribution in [0, 0.1) is 0 Å². The van der Waals surface area contributed by atoms with E-state index < -0.39 is 0 Å². The van der Waals surface area contributed by atoms with Gasteiger partial charge in [0.15, 0.2) is 0 Å². The molecule has 0 saturated heterocycles. The Labute approximate surface area is 94.8 Å². The lowest BCUT2D eigenvalue weighted by Crippen LogP contribution is -2.52. The van der Waals surface area contributed by atoms with Crippen LogP contribution in [0.1, 0.15) is 0 Å². The zero-order valence-corrected chi connectivity index (χ0v) is 10.1. The van der Waals surface area contributed by atoms with Gasteiger partial charge < -0.3 is 0 Å². The van der Waals surface area contributed by atoms with E-state index in [0.717, 1.165) is 11.0 Å². The van der Waals surface area contributed by atoms with Gasteiger partial charge in [-0.2, -0.15) is 4.58 Å². The average Bonchev–Trinajstić information content (AvgIpc) is 2.59. The minimum Gasteiger partial charge on any atom is -0.193 e. The molecule has 1 heterocycles.